The molecule has 1 unspecified atom stereocenters. The molecule has 1 heterocycles. The number of aromatic nitrogens is 2. The predicted molar refractivity (Wildman–Crippen MR) is 109 cm³/mol. The molecule has 1 amide bonds. The molecule has 8 nitrogen and oxygen atoms in total. The lowest BCUT2D eigenvalue weighted by Gasteiger charge is -2.28. The number of anilines is 1. The van der Waals surface area contributed by atoms with Gasteiger partial charge >= 0.3 is 0 Å². The van der Waals surface area contributed by atoms with Gasteiger partial charge in [-0.3, -0.25) is 14.2 Å². The van der Waals surface area contributed by atoms with E-state index < -0.39 is 15.9 Å². The molecule has 1 atom stereocenters. The van der Waals surface area contributed by atoms with E-state index in [-0.39, 0.29) is 32.3 Å². The molecule has 150 valence electrons. The molecule has 2 aromatic rings. The fourth-order valence-electron chi connectivity index (χ4n) is 2.23. The number of hydrogen-bond acceptors (Lipinski definition) is 5. The second-order valence-corrected chi connectivity index (χ2v) is 9.87. The van der Waals surface area contributed by atoms with Crippen LogP contribution < -0.4 is 10.0 Å². The van der Waals surface area contributed by atoms with Gasteiger partial charge in [-0.25, -0.2) is 8.42 Å². The van der Waals surface area contributed by atoms with E-state index in [1.807, 2.05) is 33.8 Å². The predicted octanol–water partition coefficient (Wildman–Crippen LogP) is 3.02. The van der Waals surface area contributed by atoms with Crippen LogP contribution in [0, 0.1) is 16.7 Å². The van der Waals surface area contributed by atoms with Gasteiger partial charge in [0, 0.05) is 13.1 Å². The highest BCUT2D eigenvalue weighted by Gasteiger charge is 2.29. The molecule has 0 spiro atoms. The number of benzene rings is 1. The summed E-state index contributed by atoms with van der Waals surface area (Å²) in [6.45, 7) is 7.85. The molecule has 0 fully saturated rings. The first-order chi connectivity index (χ1) is 12.9. The smallest absolute Gasteiger partial charge is 0.272 e. The molecule has 1 aromatic heterocycles. The van der Waals surface area contributed by atoms with Gasteiger partial charge in [0.25, 0.3) is 15.9 Å². The normalized spacial score (nSPS) is 12.9. The minimum Gasteiger partial charge on any atom is -0.348 e. The van der Waals surface area contributed by atoms with E-state index in [0.717, 1.165) is 0 Å². The second-order valence-electron chi connectivity index (χ2n) is 7.44. The molecule has 2 rings (SSSR count). The summed E-state index contributed by atoms with van der Waals surface area (Å²) in [6, 6.07) is 7.25. The maximum atomic E-state index is 12.8. The topological polar surface area (TPSA) is 117 Å². The van der Waals surface area contributed by atoms with Crippen LogP contribution >= 0.6 is 15.9 Å². The third-order valence-electron chi connectivity index (χ3n) is 4.40. The number of sulfonamides is 1. The van der Waals surface area contributed by atoms with Crippen LogP contribution in [0.3, 0.4) is 0 Å². The Kier molecular flexibility index (Phi) is 6.21. The Labute approximate surface area is 173 Å². The molecule has 0 saturated carbocycles. The Balaban J connectivity index is 2.38. The van der Waals surface area contributed by atoms with Crippen molar-refractivity contribution in [3.05, 3.63) is 40.1 Å². The van der Waals surface area contributed by atoms with Gasteiger partial charge in [-0.05, 0) is 52.5 Å². The number of nitriles is 1. The third kappa shape index (κ3) is 4.72. The number of amides is 1. The first-order valence-electron chi connectivity index (χ1n) is 8.43. The molecule has 0 saturated heterocycles. The molecular weight excluding hydrogens is 446 g/mol. The zero-order valence-corrected chi connectivity index (χ0v) is 18.6. The molecule has 0 aliphatic rings. The van der Waals surface area contributed by atoms with Crippen molar-refractivity contribution >= 4 is 37.5 Å². The number of hydrogen-bond donors (Lipinski definition) is 2. The quantitative estimate of drug-likeness (QED) is 0.700. The minimum atomic E-state index is -3.98. The maximum Gasteiger partial charge on any atom is 0.272 e. The van der Waals surface area contributed by atoms with Crippen LogP contribution in [0.1, 0.15) is 43.7 Å². The number of nitrogens with zero attached hydrogens (tertiary/aromatic N) is 3. The lowest BCUT2D eigenvalue weighted by Crippen LogP contribution is -2.42. The van der Waals surface area contributed by atoms with Crippen LogP contribution in [0.15, 0.2) is 33.8 Å². The summed E-state index contributed by atoms with van der Waals surface area (Å²) < 4.78 is 29.4. The summed E-state index contributed by atoms with van der Waals surface area (Å²) in [6.07, 6.45) is 0. The van der Waals surface area contributed by atoms with E-state index in [4.69, 9.17) is 5.26 Å². The lowest BCUT2D eigenvalue weighted by molar-refractivity contribution is 0.0901. The summed E-state index contributed by atoms with van der Waals surface area (Å²) in [5.41, 5.74) is 0.302. The van der Waals surface area contributed by atoms with E-state index in [2.05, 4.69) is 31.1 Å². The van der Waals surface area contributed by atoms with Crippen LogP contribution in [0.4, 0.5) is 5.69 Å². The fourth-order valence-corrected chi connectivity index (χ4v) is 3.96. The summed E-state index contributed by atoms with van der Waals surface area (Å²) in [5.74, 6) is -0.444. The zero-order valence-electron chi connectivity index (χ0n) is 16.2. The van der Waals surface area contributed by atoms with Gasteiger partial charge in [-0.2, -0.15) is 10.4 Å². The minimum absolute atomic E-state index is 0.0309. The summed E-state index contributed by atoms with van der Waals surface area (Å²) in [5, 5.41) is 15.8. The largest absolute Gasteiger partial charge is 0.348 e. The van der Waals surface area contributed by atoms with E-state index >= 15 is 0 Å². The van der Waals surface area contributed by atoms with Crippen LogP contribution in [-0.2, 0) is 17.1 Å². The fraction of sp³-hybridized carbons (Fsp3) is 0.389. The van der Waals surface area contributed by atoms with Crippen LogP contribution in [0.5, 0.6) is 0 Å². The Morgan fingerprint density at radius 2 is 1.86 bits per heavy atom. The SMILES string of the molecule is CC(NC(=O)c1c(NS(=O)(=O)c2ccc(C#N)cc2)c(Br)nn1C)C(C)(C)C. The van der Waals surface area contributed by atoms with Gasteiger partial charge in [0.2, 0.25) is 0 Å². The van der Waals surface area contributed by atoms with Gasteiger partial charge in [-0.15, -0.1) is 0 Å². The number of nitrogens with one attached hydrogen (secondary N) is 2. The lowest BCUT2D eigenvalue weighted by atomic mass is 9.88. The Morgan fingerprint density at radius 3 is 2.36 bits per heavy atom. The van der Waals surface area contributed by atoms with Gasteiger partial charge in [-0.1, -0.05) is 20.8 Å². The molecule has 0 aliphatic heterocycles. The van der Waals surface area contributed by atoms with Crippen molar-refractivity contribution in [3.63, 3.8) is 0 Å². The van der Waals surface area contributed by atoms with Crippen LogP contribution in [0.25, 0.3) is 0 Å². The highest BCUT2D eigenvalue weighted by Crippen LogP contribution is 2.29. The van der Waals surface area contributed by atoms with Crippen molar-refractivity contribution < 1.29 is 13.2 Å². The number of carbonyl (C=O) groups is 1. The first-order valence-corrected chi connectivity index (χ1v) is 10.7. The number of aryl methyl sites for hydroxylation is 1. The molecule has 0 bridgehead atoms. The average Bonchev–Trinajstić information content (AvgIpc) is 2.87. The summed E-state index contributed by atoms with van der Waals surface area (Å²) >= 11 is 3.21. The Hall–Kier alpha value is -2.38. The van der Waals surface area contributed by atoms with Crippen molar-refractivity contribution in [1.29, 1.82) is 5.26 Å². The van der Waals surface area contributed by atoms with Crippen molar-refractivity contribution in [2.75, 3.05) is 4.72 Å². The average molecular weight is 468 g/mol. The van der Waals surface area contributed by atoms with Crippen LogP contribution in [0.2, 0.25) is 0 Å². The Bertz CT molecular complexity index is 1030. The molecule has 2 N–H and O–H groups in total. The first kappa shape index (κ1) is 21.9. The third-order valence-corrected chi connectivity index (χ3v) is 6.32. The van der Waals surface area contributed by atoms with E-state index in [9.17, 15) is 13.2 Å². The van der Waals surface area contributed by atoms with E-state index in [1.165, 1.54) is 28.9 Å². The van der Waals surface area contributed by atoms with Crippen molar-refractivity contribution in [3.8, 4) is 6.07 Å². The monoisotopic (exact) mass is 467 g/mol. The second kappa shape index (κ2) is 7.93. The van der Waals surface area contributed by atoms with Crippen molar-refractivity contribution in [1.82, 2.24) is 15.1 Å². The van der Waals surface area contributed by atoms with Gasteiger partial charge in [0.1, 0.15) is 5.69 Å². The standard InChI is InChI=1S/C18H22BrN5O3S/c1-11(18(2,3)4)21-17(25)15-14(16(19)22-24(15)5)23-28(26,27)13-8-6-12(10-20)7-9-13/h6-9,11,23H,1-5H3,(H,21,25). The summed E-state index contributed by atoms with van der Waals surface area (Å²) in [7, 11) is -2.43. The maximum absolute atomic E-state index is 12.8. The van der Waals surface area contributed by atoms with Crippen LogP contribution in [-0.4, -0.2) is 30.1 Å². The number of carbonyl (C=O) groups excluding carboxylic acids is 1. The molecule has 10 heteroatoms. The highest BCUT2D eigenvalue weighted by molar-refractivity contribution is 9.10. The van der Waals surface area contributed by atoms with Crippen molar-refractivity contribution in [2.45, 2.75) is 38.6 Å². The van der Waals surface area contributed by atoms with Gasteiger partial charge in [0.15, 0.2) is 10.3 Å². The number of rotatable bonds is 5. The number of halogens is 1. The molecule has 1 aromatic carbocycles. The molecule has 0 aliphatic carbocycles. The molecule has 0 radical (unpaired) electrons. The molecular formula is C18H22BrN5O3S. The van der Waals surface area contributed by atoms with E-state index in [1.54, 1.807) is 7.05 Å². The van der Waals surface area contributed by atoms with E-state index in [0.29, 0.717) is 5.56 Å². The Morgan fingerprint density at radius 1 is 1.29 bits per heavy atom. The molecule has 28 heavy (non-hydrogen) atoms. The van der Waals surface area contributed by atoms with Gasteiger partial charge in [0.05, 0.1) is 16.5 Å². The summed E-state index contributed by atoms with van der Waals surface area (Å²) in [4.78, 5) is 12.8. The van der Waals surface area contributed by atoms with Gasteiger partial charge < -0.3 is 5.32 Å². The zero-order chi connectivity index (χ0) is 21.3. The highest BCUT2D eigenvalue weighted by atomic mass is 79.9. The van der Waals surface area contributed by atoms with Crippen molar-refractivity contribution in [2.24, 2.45) is 12.5 Å².